The fraction of sp³-hybridized carbons (Fsp3) is 0.385. The van der Waals surface area contributed by atoms with E-state index in [1.165, 1.54) is 11.3 Å². The van der Waals surface area contributed by atoms with Gasteiger partial charge in [0.15, 0.2) is 0 Å². The van der Waals surface area contributed by atoms with Gasteiger partial charge in [0.1, 0.15) is 0 Å². The van der Waals surface area contributed by atoms with Crippen molar-refractivity contribution in [3.8, 4) is 0 Å². The van der Waals surface area contributed by atoms with E-state index in [0.717, 1.165) is 12.1 Å². The Morgan fingerprint density at radius 2 is 2.13 bits per heavy atom. The fourth-order valence-corrected chi connectivity index (χ4v) is 1.28. The van der Waals surface area contributed by atoms with Gasteiger partial charge in [0, 0.05) is 12.2 Å². The molecule has 0 aliphatic rings. The number of rotatable bonds is 6. The molecule has 0 bridgehead atoms. The molecule has 0 fully saturated rings. The van der Waals surface area contributed by atoms with Crippen molar-refractivity contribution in [1.82, 2.24) is 0 Å². The third-order valence-electron chi connectivity index (χ3n) is 2.06. The molecule has 1 N–H and O–H groups in total. The summed E-state index contributed by atoms with van der Waals surface area (Å²) in [7, 11) is 0. The van der Waals surface area contributed by atoms with Crippen molar-refractivity contribution < 1.29 is 4.74 Å². The van der Waals surface area contributed by atoms with Crippen LogP contribution in [0.5, 0.6) is 0 Å². The molecule has 0 spiro atoms. The van der Waals surface area contributed by atoms with Crippen LogP contribution in [0.2, 0.25) is 0 Å². The minimum atomic E-state index is 0.648. The van der Waals surface area contributed by atoms with E-state index in [0.29, 0.717) is 13.2 Å². The number of para-hydroxylation sites is 1. The maximum atomic E-state index is 5.39. The van der Waals surface area contributed by atoms with Gasteiger partial charge in [-0.15, -0.1) is 0 Å². The van der Waals surface area contributed by atoms with E-state index in [9.17, 15) is 0 Å². The van der Waals surface area contributed by atoms with E-state index >= 15 is 0 Å². The largest absolute Gasteiger partial charge is 0.383 e. The summed E-state index contributed by atoms with van der Waals surface area (Å²) in [5, 5.41) is 3.33. The zero-order chi connectivity index (χ0) is 11.1. The van der Waals surface area contributed by atoms with E-state index in [1.807, 2.05) is 19.1 Å². The molecule has 0 saturated heterocycles. The lowest BCUT2D eigenvalue weighted by Crippen LogP contribution is -2.10. The summed E-state index contributed by atoms with van der Waals surface area (Å²) < 4.78 is 5.39. The van der Waals surface area contributed by atoms with Crippen molar-refractivity contribution in [2.24, 2.45) is 0 Å². The second kappa shape index (κ2) is 6.25. The predicted octanol–water partition coefficient (Wildman–Crippen LogP) is 3.00. The SMILES string of the molecule is C=C(C)COCCNc1ccccc1C. The average Bonchev–Trinajstić information content (AvgIpc) is 2.20. The Morgan fingerprint density at radius 1 is 1.40 bits per heavy atom. The average molecular weight is 205 g/mol. The van der Waals surface area contributed by atoms with Crippen molar-refractivity contribution in [3.63, 3.8) is 0 Å². The Labute approximate surface area is 92.0 Å². The maximum Gasteiger partial charge on any atom is 0.0672 e. The van der Waals surface area contributed by atoms with Crippen LogP contribution in [0.15, 0.2) is 36.4 Å². The minimum absolute atomic E-state index is 0.648. The van der Waals surface area contributed by atoms with E-state index in [2.05, 4.69) is 31.0 Å². The lowest BCUT2D eigenvalue weighted by molar-refractivity contribution is 0.167. The van der Waals surface area contributed by atoms with Gasteiger partial charge in [0.2, 0.25) is 0 Å². The smallest absolute Gasteiger partial charge is 0.0672 e. The monoisotopic (exact) mass is 205 g/mol. The second-order valence-electron chi connectivity index (χ2n) is 3.75. The Balaban J connectivity index is 2.21. The van der Waals surface area contributed by atoms with E-state index < -0.39 is 0 Å². The molecular weight excluding hydrogens is 186 g/mol. The number of aryl methyl sites for hydroxylation is 1. The first kappa shape index (κ1) is 11.8. The molecule has 0 aliphatic heterocycles. The molecule has 0 aromatic heterocycles. The van der Waals surface area contributed by atoms with Crippen LogP contribution in [0.1, 0.15) is 12.5 Å². The summed E-state index contributed by atoms with van der Waals surface area (Å²) in [6.45, 7) is 10.0. The second-order valence-corrected chi connectivity index (χ2v) is 3.75. The van der Waals surface area contributed by atoms with Crippen molar-refractivity contribution in [2.45, 2.75) is 13.8 Å². The summed E-state index contributed by atoms with van der Waals surface area (Å²) in [4.78, 5) is 0. The molecule has 0 atom stereocenters. The molecule has 1 rings (SSSR count). The third kappa shape index (κ3) is 4.66. The summed E-state index contributed by atoms with van der Waals surface area (Å²) in [5.41, 5.74) is 3.50. The number of anilines is 1. The topological polar surface area (TPSA) is 21.3 Å². The van der Waals surface area contributed by atoms with Crippen LogP contribution in [-0.2, 0) is 4.74 Å². The summed E-state index contributed by atoms with van der Waals surface area (Å²) in [6.07, 6.45) is 0. The van der Waals surface area contributed by atoms with Crippen LogP contribution in [0.4, 0.5) is 5.69 Å². The highest BCUT2D eigenvalue weighted by molar-refractivity contribution is 5.50. The Bertz CT molecular complexity index is 320. The molecular formula is C13H19NO. The number of ether oxygens (including phenoxy) is 1. The first-order chi connectivity index (χ1) is 7.20. The Kier molecular flexibility index (Phi) is 4.91. The van der Waals surface area contributed by atoms with Crippen molar-refractivity contribution >= 4 is 5.69 Å². The minimum Gasteiger partial charge on any atom is -0.383 e. The summed E-state index contributed by atoms with van der Waals surface area (Å²) >= 11 is 0. The number of nitrogens with one attached hydrogen (secondary N) is 1. The van der Waals surface area contributed by atoms with Gasteiger partial charge in [0.05, 0.1) is 13.2 Å². The molecule has 1 aromatic rings. The molecule has 15 heavy (non-hydrogen) atoms. The molecule has 0 unspecified atom stereocenters. The fourth-order valence-electron chi connectivity index (χ4n) is 1.28. The van der Waals surface area contributed by atoms with Crippen LogP contribution in [0, 0.1) is 6.92 Å². The van der Waals surface area contributed by atoms with Gasteiger partial charge in [-0.05, 0) is 25.5 Å². The Hall–Kier alpha value is -1.28. The molecule has 0 aliphatic carbocycles. The number of benzene rings is 1. The van der Waals surface area contributed by atoms with Gasteiger partial charge in [0.25, 0.3) is 0 Å². The van der Waals surface area contributed by atoms with Gasteiger partial charge in [-0.25, -0.2) is 0 Å². The van der Waals surface area contributed by atoms with Gasteiger partial charge >= 0.3 is 0 Å². The first-order valence-electron chi connectivity index (χ1n) is 5.22. The van der Waals surface area contributed by atoms with E-state index in [1.54, 1.807) is 0 Å². The number of hydrogen-bond donors (Lipinski definition) is 1. The predicted molar refractivity (Wildman–Crippen MR) is 65.3 cm³/mol. The lowest BCUT2D eigenvalue weighted by Gasteiger charge is -2.09. The highest BCUT2D eigenvalue weighted by Crippen LogP contribution is 2.12. The third-order valence-corrected chi connectivity index (χ3v) is 2.06. The first-order valence-corrected chi connectivity index (χ1v) is 5.22. The van der Waals surface area contributed by atoms with Gasteiger partial charge in [-0.1, -0.05) is 30.4 Å². The quantitative estimate of drug-likeness (QED) is 0.569. The molecule has 0 heterocycles. The van der Waals surface area contributed by atoms with Crippen LogP contribution < -0.4 is 5.32 Å². The van der Waals surface area contributed by atoms with Crippen molar-refractivity contribution in [3.05, 3.63) is 42.0 Å². The zero-order valence-corrected chi connectivity index (χ0v) is 9.55. The van der Waals surface area contributed by atoms with Gasteiger partial charge < -0.3 is 10.1 Å². The van der Waals surface area contributed by atoms with Gasteiger partial charge in [-0.2, -0.15) is 0 Å². The molecule has 0 radical (unpaired) electrons. The molecule has 0 saturated carbocycles. The van der Waals surface area contributed by atoms with Crippen molar-refractivity contribution in [2.75, 3.05) is 25.1 Å². The molecule has 0 amide bonds. The molecule has 1 aromatic carbocycles. The van der Waals surface area contributed by atoms with E-state index in [4.69, 9.17) is 4.74 Å². The highest BCUT2D eigenvalue weighted by Gasteiger charge is 1.94. The van der Waals surface area contributed by atoms with Crippen molar-refractivity contribution in [1.29, 1.82) is 0 Å². The summed E-state index contributed by atoms with van der Waals surface area (Å²) in [5.74, 6) is 0. The number of hydrogen-bond acceptors (Lipinski definition) is 2. The summed E-state index contributed by atoms with van der Waals surface area (Å²) in [6, 6.07) is 8.24. The van der Waals surface area contributed by atoms with Crippen LogP contribution in [0.3, 0.4) is 0 Å². The molecule has 2 heteroatoms. The van der Waals surface area contributed by atoms with Crippen LogP contribution in [-0.4, -0.2) is 19.8 Å². The standard InChI is InChI=1S/C13H19NO/c1-11(2)10-15-9-8-14-13-7-5-4-6-12(13)3/h4-7,14H,1,8-10H2,2-3H3. The van der Waals surface area contributed by atoms with E-state index in [-0.39, 0.29) is 0 Å². The maximum absolute atomic E-state index is 5.39. The zero-order valence-electron chi connectivity index (χ0n) is 9.55. The van der Waals surface area contributed by atoms with Crippen LogP contribution >= 0.6 is 0 Å². The Morgan fingerprint density at radius 3 is 2.80 bits per heavy atom. The highest BCUT2D eigenvalue weighted by atomic mass is 16.5. The lowest BCUT2D eigenvalue weighted by atomic mass is 10.2. The molecule has 2 nitrogen and oxygen atoms in total. The van der Waals surface area contributed by atoms with Crippen LogP contribution in [0.25, 0.3) is 0 Å². The van der Waals surface area contributed by atoms with Gasteiger partial charge in [-0.3, -0.25) is 0 Å². The molecule has 82 valence electrons. The normalized spacial score (nSPS) is 10.0.